The van der Waals surface area contributed by atoms with Crippen LogP contribution >= 0.6 is 23.1 Å². The van der Waals surface area contributed by atoms with Crippen molar-refractivity contribution in [1.29, 1.82) is 0 Å². The highest BCUT2D eigenvalue weighted by Crippen LogP contribution is 2.20. The predicted molar refractivity (Wildman–Crippen MR) is 89.1 cm³/mol. The maximum Gasteiger partial charge on any atom is 0.250 e. The molecule has 0 radical (unpaired) electrons. The van der Waals surface area contributed by atoms with Crippen LogP contribution in [0.25, 0.3) is 0 Å². The Morgan fingerprint density at radius 1 is 1.45 bits per heavy atom. The second-order valence-electron chi connectivity index (χ2n) is 4.86. The molecule has 20 heavy (non-hydrogen) atoms. The first-order chi connectivity index (χ1) is 9.49. The Morgan fingerprint density at radius 3 is 2.85 bits per heavy atom. The van der Waals surface area contributed by atoms with Gasteiger partial charge in [-0.2, -0.15) is 11.8 Å². The van der Waals surface area contributed by atoms with Crippen LogP contribution in [-0.4, -0.2) is 33.5 Å². The fraction of sp³-hybridized carbons (Fsp3) is 0.692. The van der Waals surface area contributed by atoms with Gasteiger partial charge in [0, 0.05) is 13.1 Å². The van der Waals surface area contributed by atoms with E-state index in [9.17, 15) is 8.42 Å². The highest BCUT2D eigenvalue weighted by molar-refractivity contribution is 7.98. The van der Waals surface area contributed by atoms with Crippen LogP contribution in [0.2, 0.25) is 0 Å². The maximum atomic E-state index is 12.2. The van der Waals surface area contributed by atoms with Gasteiger partial charge >= 0.3 is 0 Å². The summed E-state index contributed by atoms with van der Waals surface area (Å²) in [7, 11) is -3.35. The number of hydrogen-bond acceptors (Lipinski definition) is 5. The van der Waals surface area contributed by atoms with Gasteiger partial charge in [-0.25, -0.2) is 13.1 Å². The van der Waals surface area contributed by atoms with Crippen LogP contribution in [0.5, 0.6) is 0 Å². The van der Waals surface area contributed by atoms with E-state index in [-0.39, 0.29) is 0 Å². The molecular weight excluding hydrogens is 312 g/mol. The molecular formula is C13H24N2O2S3. The molecule has 7 heteroatoms. The summed E-state index contributed by atoms with van der Waals surface area (Å²) in [5.41, 5.74) is 1.03. The molecule has 1 aromatic heterocycles. The third-order valence-corrected chi connectivity index (χ3v) is 6.54. The van der Waals surface area contributed by atoms with E-state index in [1.807, 2.05) is 18.6 Å². The van der Waals surface area contributed by atoms with Crippen LogP contribution in [0.15, 0.2) is 15.7 Å². The minimum Gasteiger partial charge on any atom is -0.313 e. The lowest BCUT2D eigenvalue weighted by molar-refractivity contribution is 0.564. The molecule has 1 unspecified atom stereocenters. The van der Waals surface area contributed by atoms with Crippen molar-refractivity contribution in [2.45, 2.75) is 31.0 Å². The zero-order chi connectivity index (χ0) is 15.0. The van der Waals surface area contributed by atoms with Crippen LogP contribution < -0.4 is 10.0 Å². The molecule has 0 saturated heterocycles. The standard InChI is InChI=1S/C13H24N2O2S3/c1-4-5-14-8-12-6-13(19-10-12)20(16,17)15-7-11(2)9-18-3/h6,10-11,14-15H,4-5,7-9H2,1-3H3. The molecule has 2 N–H and O–H groups in total. The highest BCUT2D eigenvalue weighted by Gasteiger charge is 2.17. The van der Waals surface area contributed by atoms with Crippen molar-refractivity contribution < 1.29 is 8.42 Å². The Morgan fingerprint density at radius 2 is 2.20 bits per heavy atom. The average Bonchev–Trinajstić information content (AvgIpc) is 2.87. The molecule has 0 bridgehead atoms. The molecule has 1 heterocycles. The van der Waals surface area contributed by atoms with E-state index in [1.54, 1.807) is 17.8 Å². The molecule has 0 spiro atoms. The SMILES string of the molecule is CCCNCc1csc(S(=O)(=O)NCC(C)CSC)c1. The molecule has 0 fully saturated rings. The number of thioether (sulfide) groups is 1. The topological polar surface area (TPSA) is 58.2 Å². The van der Waals surface area contributed by atoms with Gasteiger partial charge in [-0.05, 0) is 47.9 Å². The molecule has 116 valence electrons. The van der Waals surface area contributed by atoms with E-state index >= 15 is 0 Å². The molecule has 1 atom stereocenters. The minimum absolute atomic E-state index is 0.338. The van der Waals surface area contributed by atoms with Crippen LogP contribution in [0.1, 0.15) is 25.8 Å². The Hall–Kier alpha value is -0.0800. The van der Waals surface area contributed by atoms with Gasteiger partial charge in [-0.1, -0.05) is 13.8 Å². The summed E-state index contributed by atoms with van der Waals surface area (Å²) in [4.78, 5) is 0. The molecule has 0 amide bonds. The second-order valence-corrected chi connectivity index (χ2v) is 8.68. The Kier molecular flexibility index (Phi) is 8.13. The van der Waals surface area contributed by atoms with Crippen molar-refractivity contribution >= 4 is 33.1 Å². The zero-order valence-electron chi connectivity index (χ0n) is 12.3. The first-order valence-electron chi connectivity index (χ1n) is 6.76. The summed E-state index contributed by atoms with van der Waals surface area (Å²) in [5, 5.41) is 5.18. The van der Waals surface area contributed by atoms with Crippen molar-refractivity contribution in [3.63, 3.8) is 0 Å². The third-order valence-electron chi connectivity index (χ3n) is 2.72. The van der Waals surface area contributed by atoms with E-state index in [4.69, 9.17) is 0 Å². The summed E-state index contributed by atoms with van der Waals surface area (Å²) in [6.07, 6.45) is 3.10. The predicted octanol–water partition coefficient (Wildman–Crippen LogP) is 2.53. The molecule has 0 aliphatic rings. The van der Waals surface area contributed by atoms with E-state index < -0.39 is 10.0 Å². The van der Waals surface area contributed by atoms with Crippen LogP contribution in [-0.2, 0) is 16.6 Å². The lowest BCUT2D eigenvalue weighted by atomic mass is 10.2. The number of hydrogen-bond donors (Lipinski definition) is 2. The Balaban J connectivity index is 2.54. The molecule has 4 nitrogen and oxygen atoms in total. The molecule has 0 aliphatic heterocycles. The lowest BCUT2D eigenvalue weighted by Gasteiger charge is -2.10. The van der Waals surface area contributed by atoms with Gasteiger partial charge in [-0.3, -0.25) is 0 Å². The smallest absolute Gasteiger partial charge is 0.250 e. The molecule has 1 rings (SSSR count). The zero-order valence-corrected chi connectivity index (χ0v) is 14.8. The first-order valence-corrected chi connectivity index (χ1v) is 10.5. The van der Waals surface area contributed by atoms with Crippen molar-refractivity contribution in [2.75, 3.05) is 25.1 Å². The fourth-order valence-electron chi connectivity index (χ4n) is 1.66. The molecule has 0 aliphatic carbocycles. The van der Waals surface area contributed by atoms with Gasteiger partial charge in [0.1, 0.15) is 4.21 Å². The van der Waals surface area contributed by atoms with Gasteiger partial charge in [0.25, 0.3) is 0 Å². The third kappa shape index (κ3) is 6.13. The summed E-state index contributed by atoms with van der Waals surface area (Å²) in [6, 6.07) is 1.76. The van der Waals surface area contributed by atoms with Crippen molar-refractivity contribution in [2.24, 2.45) is 5.92 Å². The fourth-order valence-corrected chi connectivity index (χ4v) is 4.77. The summed E-state index contributed by atoms with van der Waals surface area (Å²) >= 11 is 3.01. The first kappa shape index (κ1) is 18.0. The van der Waals surface area contributed by atoms with E-state index in [0.29, 0.717) is 16.7 Å². The maximum absolute atomic E-state index is 12.2. The van der Waals surface area contributed by atoms with Crippen molar-refractivity contribution in [3.05, 3.63) is 17.0 Å². The van der Waals surface area contributed by atoms with E-state index in [1.165, 1.54) is 11.3 Å². The van der Waals surface area contributed by atoms with Crippen LogP contribution in [0.4, 0.5) is 0 Å². The highest BCUT2D eigenvalue weighted by atomic mass is 32.2. The van der Waals surface area contributed by atoms with E-state index in [0.717, 1.165) is 30.8 Å². The van der Waals surface area contributed by atoms with Gasteiger partial charge in [-0.15, -0.1) is 11.3 Å². The monoisotopic (exact) mass is 336 g/mol. The normalized spacial score (nSPS) is 13.6. The Labute approximate surface area is 130 Å². The minimum atomic E-state index is -3.35. The molecule has 0 aromatic carbocycles. The molecule has 0 saturated carbocycles. The molecule has 1 aromatic rings. The van der Waals surface area contributed by atoms with Gasteiger partial charge < -0.3 is 5.32 Å². The summed E-state index contributed by atoms with van der Waals surface area (Å²) in [6.45, 7) is 6.32. The number of rotatable bonds is 10. The number of nitrogens with one attached hydrogen (secondary N) is 2. The van der Waals surface area contributed by atoms with Crippen molar-refractivity contribution in [1.82, 2.24) is 10.0 Å². The van der Waals surface area contributed by atoms with Gasteiger partial charge in [0.15, 0.2) is 0 Å². The summed E-state index contributed by atoms with van der Waals surface area (Å²) in [5.74, 6) is 1.30. The van der Waals surface area contributed by atoms with Crippen LogP contribution in [0.3, 0.4) is 0 Å². The lowest BCUT2D eigenvalue weighted by Crippen LogP contribution is -2.28. The van der Waals surface area contributed by atoms with Crippen molar-refractivity contribution in [3.8, 4) is 0 Å². The van der Waals surface area contributed by atoms with E-state index in [2.05, 4.69) is 17.0 Å². The second kappa shape index (κ2) is 9.04. The number of thiophene rings is 1. The average molecular weight is 337 g/mol. The largest absolute Gasteiger partial charge is 0.313 e. The van der Waals surface area contributed by atoms with Gasteiger partial charge in [0.05, 0.1) is 0 Å². The van der Waals surface area contributed by atoms with Crippen LogP contribution in [0, 0.1) is 5.92 Å². The number of sulfonamides is 1. The quantitative estimate of drug-likeness (QED) is 0.645. The Bertz CT molecular complexity index is 486. The summed E-state index contributed by atoms with van der Waals surface area (Å²) < 4.78 is 27.4. The van der Waals surface area contributed by atoms with Gasteiger partial charge in [0.2, 0.25) is 10.0 Å².